The van der Waals surface area contributed by atoms with Crippen LogP contribution in [0.2, 0.25) is 0 Å². The zero-order valence-corrected chi connectivity index (χ0v) is 19.4. The van der Waals surface area contributed by atoms with E-state index in [1.807, 2.05) is 24.3 Å². The van der Waals surface area contributed by atoms with Gasteiger partial charge < -0.3 is 11.1 Å². The van der Waals surface area contributed by atoms with Crippen molar-refractivity contribution in [3.63, 3.8) is 0 Å². The molecule has 31 heavy (non-hydrogen) atoms. The molecule has 0 saturated carbocycles. The van der Waals surface area contributed by atoms with Crippen LogP contribution in [0.25, 0.3) is 11.3 Å². The van der Waals surface area contributed by atoms with E-state index in [1.54, 1.807) is 0 Å². The van der Waals surface area contributed by atoms with Crippen LogP contribution in [0.4, 0.5) is 5.69 Å². The molecule has 1 unspecified atom stereocenters. The first kappa shape index (κ1) is 22.6. The van der Waals surface area contributed by atoms with Crippen molar-refractivity contribution in [3.05, 3.63) is 95.3 Å². The second kappa shape index (κ2) is 10.3. The fraction of sp³-hybridized carbons (Fsp3) is 0.321. The maximum absolute atomic E-state index is 5.87. The van der Waals surface area contributed by atoms with E-state index < -0.39 is 0 Å². The molecule has 1 heterocycles. The number of rotatable bonds is 8. The first-order valence-electron chi connectivity index (χ1n) is 11.2. The Morgan fingerprint density at radius 1 is 0.871 bits per heavy atom. The number of anilines is 1. The molecule has 0 radical (unpaired) electrons. The predicted octanol–water partition coefficient (Wildman–Crippen LogP) is 6.99. The van der Waals surface area contributed by atoms with Crippen molar-refractivity contribution in [1.29, 1.82) is 0 Å². The molecule has 0 aliphatic heterocycles. The highest BCUT2D eigenvalue weighted by Crippen LogP contribution is 2.28. The molecule has 3 aromatic rings. The molecule has 1 atom stereocenters. The van der Waals surface area contributed by atoms with Crippen molar-refractivity contribution in [3.8, 4) is 11.3 Å². The van der Waals surface area contributed by atoms with Gasteiger partial charge in [-0.15, -0.1) is 0 Å². The summed E-state index contributed by atoms with van der Waals surface area (Å²) in [4.78, 5) is 5.06. The van der Waals surface area contributed by atoms with Gasteiger partial charge in [0.1, 0.15) is 0 Å². The lowest BCUT2D eigenvalue weighted by molar-refractivity contribution is 0.552. The lowest BCUT2D eigenvalue weighted by atomic mass is 9.95. The molecule has 0 bridgehead atoms. The number of aromatic nitrogens is 1. The van der Waals surface area contributed by atoms with Gasteiger partial charge in [0.15, 0.2) is 0 Å². The first-order valence-corrected chi connectivity index (χ1v) is 11.2. The molecule has 0 aliphatic rings. The predicted molar refractivity (Wildman–Crippen MR) is 132 cm³/mol. The summed E-state index contributed by atoms with van der Waals surface area (Å²) in [7, 11) is 0. The van der Waals surface area contributed by atoms with E-state index in [1.165, 1.54) is 16.8 Å². The Bertz CT molecular complexity index is 1000. The Balaban J connectivity index is 2.05. The third-order valence-electron chi connectivity index (χ3n) is 5.68. The molecule has 3 N–H and O–H groups in total. The van der Waals surface area contributed by atoms with E-state index in [0.29, 0.717) is 11.8 Å². The second-order valence-corrected chi connectivity index (χ2v) is 8.97. The molecule has 3 rings (SSSR count). The van der Waals surface area contributed by atoms with Gasteiger partial charge in [-0.2, -0.15) is 0 Å². The summed E-state index contributed by atoms with van der Waals surface area (Å²) in [6.45, 7) is 11.3. The van der Waals surface area contributed by atoms with Crippen molar-refractivity contribution in [1.82, 2.24) is 10.3 Å². The smallest absolute Gasteiger partial charge is 0.0937 e. The van der Waals surface area contributed by atoms with Crippen molar-refractivity contribution in [2.45, 2.75) is 47.1 Å². The van der Waals surface area contributed by atoms with Gasteiger partial charge >= 0.3 is 0 Å². The Hall–Kier alpha value is -3.07. The summed E-state index contributed by atoms with van der Waals surface area (Å²) in [6.07, 6.45) is 1.02. The Morgan fingerprint density at radius 2 is 1.55 bits per heavy atom. The van der Waals surface area contributed by atoms with E-state index in [9.17, 15) is 0 Å². The number of nitrogen functional groups attached to an aromatic ring is 1. The SMILES string of the molecule is C/C(=C(\CC(C)C)NC(c1ccccc1)c1cccc(-c2ccc(N)cc2)n1)C(C)C. The number of hydrogen-bond donors (Lipinski definition) is 2. The molecular formula is C28H35N3. The van der Waals surface area contributed by atoms with Crippen molar-refractivity contribution >= 4 is 5.69 Å². The van der Waals surface area contributed by atoms with E-state index in [-0.39, 0.29) is 6.04 Å². The molecule has 0 fully saturated rings. The summed E-state index contributed by atoms with van der Waals surface area (Å²) in [5, 5.41) is 3.88. The molecule has 1 aromatic heterocycles. The monoisotopic (exact) mass is 413 g/mol. The lowest BCUT2D eigenvalue weighted by Gasteiger charge is -2.26. The summed E-state index contributed by atoms with van der Waals surface area (Å²) in [5.41, 5.74) is 13.6. The number of pyridine rings is 1. The highest BCUT2D eigenvalue weighted by Gasteiger charge is 2.19. The van der Waals surface area contributed by atoms with Crippen LogP contribution < -0.4 is 11.1 Å². The maximum Gasteiger partial charge on any atom is 0.0937 e. The average Bonchev–Trinajstić information content (AvgIpc) is 2.77. The number of benzene rings is 2. The number of nitrogens with one attached hydrogen (secondary N) is 1. The Morgan fingerprint density at radius 3 is 2.16 bits per heavy atom. The summed E-state index contributed by atoms with van der Waals surface area (Å²) < 4.78 is 0. The van der Waals surface area contributed by atoms with E-state index in [2.05, 4.69) is 88.5 Å². The highest BCUT2D eigenvalue weighted by atomic mass is 15.0. The quantitative estimate of drug-likeness (QED) is 0.391. The Labute approximate surface area is 187 Å². The van der Waals surface area contributed by atoms with Gasteiger partial charge in [0.25, 0.3) is 0 Å². The van der Waals surface area contributed by atoms with Crippen LogP contribution in [0.3, 0.4) is 0 Å². The molecule has 3 nitrogen and oxygen atoms in total. The molecule has 3 heteroatoms. The van der Waals surface area contributed by atoms with Crippen molar-refractivity contribution in [2.24, 2.45) is 11.8 Å². The van der Waals surface area contributed by atoms with Crippen molar-refractivity contribution < 1.29 is 0 Å². The van der Waals surface area contributed by atoms with Crippen LogP contribution in [0.1, 0.15) is 58.3 Å². The van der Waals surface area contributed by atoms with Crippen LogP contribution in [-0.4, -0.2) is 4.98 Å². The molecule has 0 saturated heterocycles. The van der Waals surface area contributed by atoms with Crippen molar-refractivity contribution in [2.75, 3.05) is 5.73 Å². The highest BCUT2D eigenvalue weighted by molar-refractivity contribution is 5.62. The van der Waals surface area contributed by atoms with E-state index in [4.69, 9.17) is 10.7 Å². The van der Waals surface area contributed by atoms with Crippen LogP contribution in [0.5, 0.6) is 0 Å². The largest absolute Gasteiger partial charge is 0.399 e. The number of hydrogen-bond acceptors (Lipinski definition) is 3. The topological polar surface area (TPSA) is 50.9 Å². The second-order valence-electron chi connectivity index (χ2n) is 8.97. The molecule has 2 aromatic carbocycles. The molecule has 0 spiro atoms. The van der Waals surface area contributed by atoms with E-state index in [0.717, 1.165) is 29.1 Å². The third-order valence-corrected chi connectivity index (χ3v) is 5.68. The minimum atomic E-state index is -0.0163. The molecular weight excluding hydrogens is 378 g/mol. The van der Waals surface area contributed by atoms with E-state index >= 15 is 0 Å². The molecule has 0 amide bonds. The van der Waals surface area contributed by atoms with Crippen LogP contribution >= 0.6 is 0 Å². The van der Waals surface area contributed by atoms with Gasteiger partial charge in [0.2, 0.25) is 0 Å². The van der Waals surface area contributed by atoms with Crippen LogP contribution in [-0.2, 0) is 0 Å². The fourth-order valence-electron chi connectivity index (χ4n) is 3.67. The average molecular weight is 414 g/mol. The fourth-order valence-corrected chi connectivity index (χ4v) is 3.67. The van der Waals surface area contributed by atoms with Gasteiger partial charge in [-0.3, -0.25) is 4.98 Å². The minimum Gasteiger partial charge on any atom is -0.399 e. The zero-order chi connectivity index (χ0) is 22.4. The van der Waals surface area contributed by atoms with Gasteiger partial charge in [-0.25, -0.2) is 0 Å². The van der Waals surface area contributed by atoms with Gasteiger partial charge in [0, 0.05) is 16.9 Å². The zero-order valence-electron chi connectivity index (χ0n) is 19.4. The number of nitrogens with two attached hydrogens (primary N) is 1. The summed E-state index contributed by atoms with van der Waals surface area (Å²) >= 11 is 0. The van der Waals surface area contributed by atoms with Crippen LogP contribution in [0.15, 0.2) is 84.1 Å². The maximum atomic E-state index is 5.87. The van der Waals surface area contributed by atoms with Gasteiger partial charge in [-0.05, 0) is 55.0 Å². The third kappa shape index (κ3) is 5.97. The van der Waals surface area contributed by atoms with Gasteiger partial charge in [-0.1, -0.05) is 81.8 Å². The normalized spacial score (nSPS) is 13.3. The first-order chi connectivity index (χ1) is 14.8. The lowest BCUT2D eigenvalue weighted by Crippen LogP contribution is -2.25. The summed E-state index contributed by atoms with van der Waals surface area (Å²) in [5.74, 6) is 1.06. The Kier molecular flexibility index (Phi) is 7.51. The molecule has 162 valence electrons. The standard InChI is InChI=1S/C28H35N3/c1-19(2)18-27(21(5)20(3)4)31-28(23-10-7-6-8-11-23)26-13-9-12-25(30-26)22-14-16-24(29)17-15-22/h6-17,19-20,28,31H,18,29H2,1-5H3/b27-21-. The molecule has 0 aliphatic carbocycles. The minimum absolute atomic E-state index is 0.0163. The van der Waals surface area contributed by atoms with Gasteiger partial charge in [0.05, 0.1) is 17.4 Å². The number of nitrogens with zero attached hydrogens (tertiary/aromatic N) is 1. The summed E-state index contributed by atoms with van der Waals surface area (Å²) in [6, 6.07) is 24.7. The van der Waals surface area contributed by atoms with Crippen LogP contribution in [0, 0.1) is 11.8 Å². The number of allylic oxidation sites excluding steroid dienone is 2.